The maximum absolute atomic E-state index is 12.9. The van der Waals surface area contributed by atoms with Gasteiger partial charge in [-0.15, -0.1) is 0 Å². The summed E-state index contributed by atoms with van der Waals surface area (Å²) < 4.78 is 32.5. The summed E-state index contributed by atoms with van der Waals surface area (Å²) in [7, 11) is -3.51. The van der Waals surface area contributed by atoms with E-state index in [0.29, 0.717) is 41.8 Å². The molecule has 0 bridgehead atoms. The molecule has 0 saturated carbocycles. The van der Waals surface area contributed by atoms with Crippen LogP contribution in [0.25, 0.3) is 0 Å². The summed E-state index contributed by atoms with van der Waals surface area (Å²) in [6.45, 7) is 5.21. The van der Waals surface area contributed by atoms with Gasteiger partial charge in [0, 0.05) is 49.7 Å². The Balaban J connectivity index is 1.73. The molecule has 0 aliphatic carbocycles. The van der Waals surface area contributed by atoms with E-state index in [4.69, 9.17) is 16.3 Å². The van der Waals surface area contributed by atoms with E-state index in [1.54, 1.807) is 48.5 Å². The quantitative estimate of drug-likeness (QED) is 0.547. The topological polar surface area (TPSA) is 66.9 Å². The Morgan fingerprint density at radius 2 is 1.89 bits per heavy atom. The van der Waals surface area contributed by atoms with Gasteiger partial charge in [0.15, 0.2) is 0 Å². The Bertz CT molecular complexity index is 950. The van der Waals surface area contributed by atoms with Crippen LogP contribution in [0.2, 0.25) is 5.02 Å². The Morgan fingerprint density at radius 1 is 1.18 bits per heavy atom. The zero-order valence-corrected chi connectivity index (χ0v) is 17.4. The van der Waals surface area contributed by atoms with Crippen LogP contribution in [0, 0.1) is 0 Å². The molecule has 0 spiro atoms. The minimum atomic E-state index is -3.51. The second kappa shape index (κ2) is 8.61. The first kappa shape index (κ1) is 20.8. The van der Waals surface area contributed by atoms with Crippen LogP contribution in [-0.4, -0.2) is 49.3 Å². The zero-order valence-electron chi connectivity index (χ0n) is 15.8. The first-order valence-corrected chi connectivity index (χ1v) is 10.9. The molecule has 0 N–H and O–H groups in total. The van der Waals surface area contributed by atoms with Gasteiger partial charge in [-0.3, -0.25) is 9.69 Å². The number of hydrogen-bond acceptors (Lipinski definition) is 5. The summed E-state index contributed by atoms with van der Waals surface area (Å²) in [5.41, 5.74) is 0.800. The minimum absolute atomic E-state index is 0.00334. The number of esters is 1. The van der Waals surface area contributed by atoms with Crippen LogP contribution < -0.4 is 4.74 Å². The lowest BCUT2D eigenvalue weighted by molar-refractivity contribution is -0.131. The van der Waals surface area contributed by atoms with Crippen molar-refractivity contribution in [3.63, 3.8) is 0 Å². The van der Waals surface area contributed by atoms with Crippen molar-refractivity contribution in [3.8, 4) is 5.75 Å². The molecule has 1 aliphatic rings. The average Bonchev–Trinajstić information content (AvgIpc) is 2.66. The summed E-state index contributed by atoms with van der Waals surface area (Å²) >= 11 is 6.11. The second-order valence-corrected chi connectivity index (χ2v) is 9.22. The van der Waals surface area contributed by atoms with E-state index < -0.39 is 16.0 Å². The second-order valence-electron chi connectivity index (χ2n) is 6.84. The number of benzene rings is 2. The highest BCUT2D eigenvalue weighted by molar-refractivity contribution is 7.89. The van der Waals surface area contributed by atoms with E-state index in [2.05, 4.69) is 4.90 Å². The van der Waals surface area contributed by atoms with Crippen molar-refractivity contribution in [1.82, 2.24) is 9.21 Å². The third-order valence-corrected chi connectivity index (χ3v) is 6.87. The third-order valence-electron chi connectivity index (χ3n) is 4.76. The van der Waals surface area contributed by atoms with Gasteiger partial charge < -0.3 is 4.74 Å². The maximum atomic E-state index is 12.9. The fourth-order valence-electron chi connectivity index (χ4n) is 3.30. The lowest BCUT2D eigenvalue weighted by Gasteiger charge is -2.39. The molecule has 0 amide bonds. The highest BCUT2D eigenvalue weighted by Crippen LogP contribution is 2.27. The van der Waals surface area contributed by atoms with Gasteiger partial charge in [0.05, 0.1) is 4.90 Å². The molecule has 1 saturated heterocycles. The molecule has 2 aromatic rings. The predicted octanol–water partition coefficient (Wildman–Crippen LogP) is 3.16. The molecule has 0 radical (unpaired) electrons. The van der Waals surface area contributed by atoms with E-state index in [-0.39, 0.29) is 6.04 Å². The molecular weight excluding hydrogens is 400 g/mol. The van der Waals surface area contributed by atoms with Crippen molar-refractivity contribution in [2.24, 2.45) is 0 Å². The highest BCUT2D eigenvalue weighted by Gasteiger charge is 2.32. The average molecular weight is 423 g/mol. The molecule has 150 valence electrons. The molecule has 1 unspecified atom stereocenters. The number of hydrogen-bond donors (Lipinski definition) is 0. The van der Waals surface area contributed by atoms with Gasteiger partial charge in [-0.25, -0.2) is 8.42 Å². The Labute approximate surface area is 170 Å². The van der Waals surface area contributed by atoms with Gasteiger partial charge in [-0.05, 0) is 37.3 Å². The van der Waals surface area contributed by atoms with Crippen molar-refractivity contribution >= 4 is 27.6 Å². The van der Waals surface area contributed by atoms with Gasteiger partial charge >= 0.3 is 5.97 Å². The van der Waals surface area contributed by atoms with E-state index in [1.165, 1.54) is 11.2 Å². The maximum Gasteiger partial charge on any atom is 0.308 e. The van der Waals surface area contributed by atoms with Gasteiger partial charge in [-0.2, -0.15) is 4.31 Å². The SMILES string of the molecule is CC(=O)Oc1ccc(Cl)cc1CN1CCN(S(=O)(=O)c2ccccc2)CC1C. The summed E-state index contributed by atoms with van der Waals surface area (Å²) in [6.07, 6.45) is 0. The van der Waals surface area contributed by atoms with Crippen molar-refractivity contribution < 1.29 is 17.9 Å². The Morgan fingerprint density at radius 3 is 2.54 bits per heavy atom. The number of piperazine rings is 1. The normalized spacial score (nSPS) is 18.8. The molecule has 3 rings (SSSR count). The standard InChI is InChI=1S/C20H23ClN2O4S/c1-15-13-23(28(25,26)19-6-4-3-5-7-19)11-10-22(15)14-17-12-18(21)8-9-20(17)27-16(2)24/h3-9,12,15H,10-11,13-14H2,1-2H3. The number of ether oxygens (including phenoxy) is 1. The number of halogens is 1. The first-order valence-electron chi connectivity index (χ1n) is 9.03. The molecule has 1 fully saturated rings. The van der Waals surface area contributed by atoms with E-state index >= 15 is 0 Å². The van der Waals surface area contributed by atoms with Gasteiger partial charge in [0.1, 0.15) is 5.75 Å². The molecule has 0 aromatic heterocycles. The number of sulfonamides is 1. The van der Waals surface area contributed by atoms with Crippen LogP contribution in [0.3, 0.4) is 0 Å². The third kappa shape index (κ3) is 4.72. The molecule has 28 heavy (non-hydrogen) atoms. The lowest BCUT2D eigenvalue weighted by Crippen LogP contribution is -2.53. The molecule has 1 atom stereocenters. The van der Waals surface area contributed by atoms with Gasteiger partial charge in [0.25, 0.3) is 0 Å². The summed E-state index contributed by atoms with van der Waals surface area (Å²) in [5.74, 6) is 0.0823. The zero-order chi connectivity index (χ0) is 20.3. The Kier molecular flexibility index (Phi) is 6.40. The molecular formula is C20H23ClN2O4S. The van der Waals surface area contributed by atoms with E-state index in [9.17, 15) is 13.2 Å². The smallest absolute Gasteiger partial charge is 0.308 e. The monoisotopic (exact) mass is 422 g/mol. The number of rotatable bonds is 5. The lowest BCUT2D eigenvalue weighted by atomic mass is 10.1. The highest BCUT2D eigenvalue weighted by atomic mass is 35.5. The van der Waals surface area contributed by atoms with Crippen molar-refractivity contribution in [2.45, 2.75) is 31.3 Å². The van der Waals surface area contributed by atoms with Crippen LogP contribution in [-0.2, 0) is 21.4 Å². The summed E-state index contributed by atoms with van der Waals surface area (Å²) in [6, 6.07) is 13.6. The molecule has 8 heteroatoms. The van der Waals surface area contributed by atoms with Crippen LogP contribution >= 0.6 is 11.6 Å². The fourth-order valence-corrected chi connectivity index (χ4v) is 5.03. The molecule has 2 aromatic carbocycles. The fraction of sp³-hybridized carbons (Fsp3) is 0.350. The van der Waals surface area contributed by atoms with Crippen molar-refractivity contribution in [1.29, 1.82) is 0 Å². The van der Waals surface area contributed by atoms with Crippen LogP contribution in [0.5, 0.6) is 5.75 Å². The van der Waals surface area contributed by atoms with Gasteiger partial charge in [0.2, 0.25) is 10.0 Å². The van der Waals surface area contributed by atoms with Crippen LogP contribution in [0.15, 0.2) is 53.4 Å². The van der Waals surface area contributed by atoms with E-state index in [0.717, 1.165) is 5.56 Å². The number of carbonyl (C=O) groups is 1. The summed E-state index contributed by atoms with van der Waals surface area (Å²) in [4.78, 5) is 13.8. The van der Waals surface area contributed by atoms with Crippen LogP contribution in [0.1, 0.15) is 19.4 Å². The minimum Gasteiger partial charge on any atom is -0.426 e. The van der Waals surface area contributed by atoms with E-state index in [1.807, 2.05) is 6.92 Å². The molecule has 1 heterocycles. The van der Waals surface area contributed by atoms with Crippen molar-refractivity contribution in [2.75, 3.05) is 19.6 Å². The predicted molar refractivity (Wildman–Crippen MR) is 108 cm³/mol. The number of carbonyl (C=O) groups excluding carboxylic acids is 1. The number of nitrogens with zero attached hydrogens (tertiary/aromatic N) is 2. The van der Waals surface area contributed by atoms with Crippen LogP contribution in [0.4, 0.5) is 0 Å². The molecule has 1 aliphatic heterocycles. The molecule has 6 nitrogen and oxygen atoms in total. The van der Waals surface area contributed by atoms with Crippen molar-refractivity contribution in [3.05, 3.63) is 59.1 Å². The Hall–Kier alpha value is -1.93. The summed E-state index contributed by atoms with van der Waals surface area (Å²) in [5, 5.41) is 0.559. The van der Waals surface area contributed by atoms with Gasteiger partial charge in [-0.1, -0.05) is 29.8 Å². The largest absolute Gasteiger partial charge is 0.426 e. The first-order chi connectivity index (χ1) is 13.3.